The Morgan fingerprint density at radius 1 is 1.25 bits per heavy atom. The van der Waals surface area contributed by atoms with Crippen LogP contribution in [0.3, 0.4) is 0 Å². The van der Waals surface area contributed by atoms with Crippen molar-refractivity contribution in [3.8, 4) is 5.88 Å². The molecule has 1 aromatic rings. The molecule has 2 nitrogen and oxygen atoms in total. The van der Waals surface area contributed by atoms with Gasteiger partial charge in [0.05, 0.1) is 11.6 Å². The van der Waals surface area contributed by atoms with E-state index in [0.717, 1.165) is 12.3 Å². The van der Waals surface area contributed by atoms with Gasteiger partial charge in [0.2, 0.25) is 5.88 Å². The largest absolute Gasteiger partial charge is 0.477 e. The number of ether oxygens (including phenoxy) is 1. The van der Waals surface area contributed by atoms with Crippen molar-refractivity contribution in [1.82, 2.24) is 4.98 Å². The fourth-order valence-corrected chi connectivity index (χ4v) is 2.18. The molecule has 0 N–H and O–H groups in total. The van der Waals surface area contributed by atoms with Crippen LogP contribution in [0.4, 0.5) is 0 Å². The summed E-state index contributed by atoms with van der Waals surface area (Å²) < 4.78 is 5.49. The Balaban J connectivity index is 1.90. The van der Waals surface area contributed by atoms with Crippen molar-refractivity contribution in [2.75, 3.05) is 6.61 Å². The minimum Gasteiger partial charge on any atom is -0.477 e. The summed E-state index contributed by atoms with van der Waals surface area (Å²) in [7, 11) is 0. The van der Waals surface area contributed by atoms with Crippen molar-refractivity contribution in [1.29, 1.82) is 0 Å². The molecule has 1 aromatic heterocycles. The minimum absolute atomic E-state index is 0.227. The molecule has 0 radical (unpaired) electrons. The lowest BCUT2D eigenvalue weighted by atomic mass is 9.83. The summed E-state index contributed by atoms with van der Waals surface area (Å²) in [6, 6.07) is 1.55. The number of hydrogen-bond acceptors (Lipinski definition) is 2. The minimum atomic E-state index is 0.227. The van der Waals surface area contributed by atoms with E-state index in [1.165, 1.54) is 19.3 Å². The predicted octanol–water partition coefficient (Wildman–Crippen LogP) is 4.61. The molecule has 0 bridgehead atoms. The number of aromatic nitrogens is 1. The molecule has 16 heavy (non-hydrogen) atoms. The lowest BCUT2D eigenvalue weighted by Crippen LogP contribution is -2.14. The summed E-state index contributed by atoms with van der Waals surface area (Å²) in [5.41, 5.74) is 0. The predicted molar refractivity (Wildman–Crippen MR) is 66.7 cm³/mol. The molecule has 0 amide bonds. The van der Waals surface area contributed by atoms with E-state index in [4.69, 9.17) is 39.5 Å². The summed E-state index contributed by atoms with van der Waals surface area (Å²) >= 11 is 17.5. The van der Waals surface area contributed by atoms with Gasteiger partial charge in [0.1, 0.15) is 5.02 Å². The zero-order chi connectivity index (χ0) is 11.5. The zero-order valence-corrected chi connectivity index (χ0v) is 10.9. The van der Waals surface area contributed by atoms with Gasteiger partial charge in [0.15, 0.2) is 5.15 Å². The second-order valence-corrected chi connectivity index (χ2v) is 5.15. The molecule has 1 heterocycles. The highest BCUT2D eigenvalue weighted by Gasteiger charge is 2.17. The highest BCUT2D eigenvalue weighted by Crippen LogP contribution is 2.32. The van der Waals surface area contributed by atoms with E-state index in [9.17, 15) is 0 Å². The Bertz CT molecular complexity index is 380. The van der Waals surface area contributed by atoms with Gasteiger partial charge in [-0.3, -0.25) is 0 Å². The first-order chi connectivity index (χ1) is 7.66. The summed E-state index contributed by atoms with van der Waals surface area (Å²) in [5, 5.41) is 0.978. The average Bonchev–Trinajstić information content (AvgIpc) is 2.17. The van der Waals surface area contributed by atoms with Crippen LogP contribution in [-0.2, 0) is 0 Å². The van der Waals surface area contributed by atoms with Crippen LogP contribution in [0.1, 0.15) is 25.7 Å². The standard InChI is InChI=1S/C11H12Cl3NO/c12-8-6-9(13)11(15-10(8)14)16-5-4-7-2-1-3-7/h6-7H,1-5H2. The molecule has 1 saturated carbocycles. The van der Waals surface area contributed by atoms with Crippen molar-refractivity contribution in [2.24, 2.45) is 5.92 Å². The molecule has 0 aromatic carbocycles. The number of pyridine rings is 1. The third-order valence-corrected chi connectivity index (χ3v) is 3.79. The number of rotatable bonds is 4. The van der Waals surface area contributed by atoms with Gasteiger partial charge in [0, 0.05) is 0 Å². The summed E-state index contributed by atoms with van der Waals surface area (Å²) in [6.07, 6.45) is 5.02. The molecule has 0 saturated heterocycles. The molecule has 1 aliphatic carbocycles. The maximum Gasteiger partial charge on any atom is 0.234 e. The van der Waals surface area contributed by atoms with E-state index in [2.05, 4.69) is 4.98 Å². The molecular formula is C11H12Cl3NO. The molecule has 0 aliphatic heterocycles. The van der Waals surface area contributed by atoms with Gasteiger partial charge in [-0.25, -0.2) is 0 Å². The van der Waals surface area contributed by atoms with E-state index in [1.54, 1.807) is 6.07 Å². The highest BCUT2D eigenvalue weighted by molar-refractivity contribution is 6.42. The first kappa shape index (κ1) is 12.3. The van der Waals surface area contributed by atoms with Gasteiger partial charge >= 0.3 is 0 Å². The van der Waals surface area contributed by atoms with Gasteiger partial charge in [0.25, 0.3) is 0 Å². The van der Waals surface area contributed by atoms with Crippen LogP contribution in [0.25, 0.3) is 0 Å². The van der Waals surface area contributed by atoms with E-state index in [-0.39, 0.29) is 5.15 Å². The third kappa shape index (κ3) is 2.93. The van der Waals surface area contributed by atoms with Crippen LogP contribution < -0.4 is 4.74 Å². The van der Waals surface area contributed by atoms with Gasteiger partial charge < -0.3 is 4.74 Å². The lowest BCUT2D eigenvalue weighted by Gasteiger charge is -2.24. The molecule has 2 rings (SSSR count). The third-order valence-electron chi connectivity index (χ3n) is 2.84. The average molecular weight is 281 g/mol. The molecule has 1 fully saturated rings. The molecule has 0 unspecified atom stereocenters. The first-order valence-corrected chi connectivity index (χ1v) is 6.44. The van der Waals surface area contributed by atoms with Crippen LogP contribution in [0.2, 0.25) is 15.2 Å². The van der Waals surface area contributed by atoms with Crippen LogP contribution in [0, 0.1) is 5.92 Å². The molecular weight excluding hydrogens is 268 g/mol. The summed E-state index contributed by atoms with van der Waals surface area (Å²) in [6.45, 7) is 0.634. The Hall–Kier alpha value is -0.180. The summed E-state index contributed by atoms with van der Waals surface area (Å²) in [4.78, 5) is 3.99. The maximum atomic E-state index is 5.93. The maximum absolute atomic E-state index is 5.93. The lowest BCUT2D eigenvalue weighted by molar-refractivity contribution is 0.217. The Morgan fingerprint density at radius 3 is 2.62 bits per heavy atom. The fraction of sp³-hybridized carbons (Fsp3) is 0.545. The van der Waals surface area contributed by atoms with Gasteiger partial charge in [-0.1, -0.05) is 54.1 Å². The van der Waals surface area contributed by atoms with Gasteiger partial charge in [-0.2, -0.15) is 4.98 Å². The quantitative estimate of drug-likeness (QED) is 0.751. The van der Waals surface area contributed by atoms with Crippen molar-refractivity contribution < 1.29 is 4.74 Å². The number of halogens is 3. The number of nitrogens with zero attached hydrogens (tertiary/aromatic N) is 1. The monoisotopic (exact) mass is 279 g/mol. The first-order valence-electron chi connectivity index (χ1n) is 5.31. The van der Waals surface area contributed by atoms with E-state index < -0.39 is 0 Å². The molecule has 0 spiro atoms. The fourth-order valence-electron chi connectivity index (χ4n) is 1.63. The van der Waals surface area contributed by atoms with Gasteiger partial charge in [-0.05, 0) is 18.4 Å². The normalized spacial score (nSPS) is 15.9. The Labute approximate surface area is 110 Å². The highest BCUT2D eigenvalue weighted by atomic mass is 35.5. The van der Waals surface area contributed by atoms with Crippen LogP contribution in [-0.4, -0.2) is 11.6 Å². The Kier molecular flexibility index (Phi) is 4.17. The smallest absolute Gasteiger partial charge is 0.234 e. The van der Waals surface area contributed by atoms with Crippen molar-refractivity contribution >= 4 is 34.8 Å². The van der Waals surface area contributed by atoms with Crippen LogP contribution in [0.5, 0.6) is 5.88 Å². The van der Waals surface area contributed by atoms with E-state index in [0.29, 0.717) is 22.5 Å². The van der Waals surface area contributed by atoms with E-state index >= 15 is 0 Å². The molecule has 1 aliphatic rings. The van der Waals surface area contributed by atoms with Crippen molar-refractivity contribution in [3.05, 3.63) is 21.3 Å². The Morgan fingerprint density at radius 2 is 2.00 bits per heavy atom. The van der Waals surface area contributed by atoms with Crippen molar-refractivity contribution in [2.45, 2.75) is 25.7 Å². The topological polar surface area (TPSA) is 22.1 Å². The van der Waals surface area contributed by atoms with Crippen molar-refractivity contribution in [3.63, 3.8) is 0 Å². The van der Waals surface area contributed by atoms with Crippen LogP contribution in [0.15, 0.2) is 6.07 Å². The molecule has 88 valence electrons. The molecule has 5 heteroatoms. The van der Waals surface area contributed by atoms with Crippen LogP contribution >= 0.6 is 34.8 Å². The SMILES string of the molecule is Clc1cc(Cl)c(OCCC2CCC2)nc1Cl. The summed E-state index contributed by atoms with van der Waals surface area (Å²) in [5.74, 6) is 1.18. The zero-order valence-electron chi connectivity index (χ0n) is 8.68. The number of hydrogen-bond donors (Lipinski definition) is 0. The second kappa shape index (κ2) is 5.44. The molecule has 0 atom stereocenters. The van der Waals surface area contributed by atoms with E-state index in [1.807, 2.05) is 0 Å². The second-order valence-electron chi connectivity index (χ2n) is 3.98. The van der Waals surface area contributed by atoms with Gasteiger partial charge in [-0.15, -0.1) is 0 Å².